The van der Waals surface area contributed by atoms with Gasteiger partial charge in [-0.1, -0.05) is 0 Å². The Bertz CT molecular complexity index is 398. The van der Waals surface area contributed by atoms with E-state index in [-0.39, 0.29) is 0 Å². The Labute approximate surface area is 109 Å². The maximum atomic E-state index is 10.6. The predicted molar refractivity (Wildman–Crippen MR) is 62.5 cm³/mol. The third kappa shape index (κ3) is 4.63. The van der Waals surface area contributed by atoms with Gasteiger partial charge in [-0.15, -0.1) is 0 Å². The molecule has 0 aromatic carbocycles. The van der Waals surface area contributed by atoms with Crippen LogP contribution in [0.4, 0.5) is 0 Å². The standard InChI is InChI=1S/C9H14ClNO4S2/c1-7(5-11(3)4)9-8(2)6-16-17(9)15-10(12,13)14/h5-6H,1-4H3/b7-5-. The first-order chi connectivity index (χ1) is 7.70. The molecule has 0 saturated heterocycles. The molecule has 0 amide bonds. The zero-order valence-electron chi connectivity index (χ0n) is 9.93. The van der Waals surface area contributed by atoms with Gasteiger partial charge in [0.1, 0.15) is 3.74 Å². The van der Waals surface area contributed by atoms with Gasteiger partial charge in [0.05, 0.1) is 15.1 Å². The molecule has 1 atom stereocenters. The van der Waals surface area contributed by atoms with Crippen LogP contribution in [0.3, 0.4) is 0 Å². The summed E-state index contributed by atoms with van der Waals surface area (Å²) in [5.74, 6) is 0. The zero-order valence-corrected chi connectivity index (χ0v) is 12.3. The van der Waals surface area contributed by atoms with Gasteiger partial charge in [0.2, 0.25) is 0 Å². The van der Waals surface area contributed by atoms with Gasteiger partial charge in [-0.25, -0.2) is 0 Å². The number of hydrogen-bond acceptors (Lipinski definition) is 6. The quantitative estimate of drug-likeness (QED) is 0.387. The molecule has 0 N–H and O–H groups in total. The third-order valence-electron chi connectivity index (χ3n) is 1.78. The van der Waals surface area contributed by atoms with Gasteiger partial charge < -0.3 is 4.90 Å². The van der Waals surface area contributed by atoms with Crippen molar-refractivity contribution >= 4 is 25.5 Å². The van der Waals surface area contributed by atoms with Crippen LogP contribution in [-0.4, -0.2) is 23.9 Å². The third-order valence-corrected chi connectivity index (χ3v) is 6.23. The van der Waals surface area contributed by atoms with E-state index in [4.69, 9.17) is 0 Å². The van der Waals surface area contributed by atoms with Crippen LogP contribution < -0.4 is 14.0 Å². The second-order valence-corrected chi connectivity index (χ2v) is 7.73. The van der Waals surface area contributed by atoms with Gasteiger partial charge in [-0.3, -0.25) is 0 Å². The van der Waals surface area contributed by atoms with E-state index >= 15 is 0 Å². The van der Waals surface area contributed by atoms with Gasteiger partial charge in [-0.2, -0.15) is 14.0 Å². The van der Waals surface area contributed by atoms with Crippen molar-refractivity contribution in [3.8, 4) is 0 Å². The molecule has 0 radical (unpaired) electrons. The topological polar surface area (TPSA) is 81.6 Å². The van der Waals surface area contributed by atoms with Gasteiger partial charge in [0, 0.05) is 20.3 Å². The van der Waals surface area contributed by atoms with Gasteiger partial charge in [0.15, 0.2) is 9.80 Å². The summed E-state index contributed by atoms with van der Waals surface area (Å²) >= 11 is 0. The van der Waals surface area contributed by atoms with Crippen molar-refractivity contribution in [2.45, 2.75) is 13.8 Å². The summed E-state index contributed by atoms with van der Waals surface area (Å²) < 4.78 is 36.3. The molecule has 1 aliphatic heterocycles. The van der Waals surface area contributed by atoms with E-state index in [9.17, 15) is 14.0 Å². The number of hydrogen-bond donors (Lipinski definition) is 0. The van der Waals surface area contributed by atoms with Crippen molar-refractivity contribution in [2.24, 2.45) is 0 Å². The maximum absolute atomic E-state index is 10.6. The van der Waals surface area contributed by atoms with Crippen LogP contribution in [0.15, 0.2) is 22.8 Å². The minimum atomic E-state index is -4.40. The Morgan fingerprint density at radius 2 is 2.06 bits per heavy atom. The lowest BCUT2D eigenvalue weighted by atomic mass is 10.1. The fourth-order valence-corrected chi connectivity index (χ4v) is 6.05. The highest BCUT2D eigenvalue weighted by molar-refractivity contribution is 8.83. The van der Waals surface area contributed by atoms with Crippen LogP contribution in [0, 0.1) is 10.2 Å². The van der Waals surface area contributed by atoms with Gasteiger partial charge >= 0.3 is 0 Å². The minimum Gasteiger partial charge on any atom is -0.383 e. The van der Waals surface area contributed by atoms with Crippen LogP contribution in [0.25, 0.3) is 0 Å². The zero-order chi connectivity index (χ0) is 13.2. The highest BCUT2D eigenvalue weighted by atomic mass is 35.7. The van der Waals surface area contributed by atoms with E-state index in [2.05, 4.69) is 3.74 Å². The van der Waals surface area contributed by atoms with E-state index in [0.29, 0.717) is 0 Å². The molecule has 0 saturated carbocycles. The van der Waals surface area contributed by atoms with Gasteiger partial charge in [0.25, 0.3) is 0 Å². The van der Waals surface area contributed by atoms with Crippen molar-refractivity contribution in [3.63, 3.8) is 0 Å². The number of rotatable bonds is 4. The fourth-order valence-electron chi connectivity index (χ4n) is 1.35. The molecular formula is C9H14ClNO4S2. The number of halogens is 1. The highest BCUT2D eigenvalue weighted by Crippen LogP contribution is 2.45. The Kier molecular flexibility index (Phi) is 5.08. The van der Waals surface area contributed by atoms with Crippen molar-refractivity contribution < 1.29 is 28.0 Å². The van der Waals surface area contributed by atoms with Crippen molar-refractivity contribution in [3.05, 3.63) is 22.8 Å². The smallest absolute Gasteiger partial charge is 0.179 e. The largest absolute Gasteiger partial charge is 0.383 e. The van der Waals surface area contributed by atoms with Crippen LogP contribution >= 0.6 is 20.6 Å². The van der Waals surface area contributed by atoms with E-state index < -0.39 is 20.0 Å². The molecule has 0 aromatic heterocycles. The predicted octanol–water partition coefficient (Wildman–Crippen LogP) is -0.712. The Morgan fingerprint density at radius 1 is 1.47 bits per heavy atom. The highest BCUT2D eigenvalue weighted by Gasteiger charge is 2.30. The Balaban J connectivity index is 3.04. The average Bonchev–Trinajstić information content (AvgIpc) is 2.42. The van der Waals surface area contributed by atoms with E-state index in [1.54, 1.807) is 5.41 Å². The van der Waals surface area contributed by atoms with Crippen molar-refractivity contribution in [2.75, 3.05) is 14.1 Å². The van der Waals surface area contributed by atoms with Crippen LogP contribution in [0.2, 0.25) is 0 Å². The lowest BCUT2D eigenvalue weighted by Gasteiger charge is -2.14. The normalized spacial score (nSPS) is 21.8. The number of nitrogens with zero attached hydrogens (tertiary/aromatic N) is 1. The monoisotopic (exact) mass is 299 g/mol. The second-order valence-electron chi connectivity index (χ2n) is 3.68. The Morgan fingerprint density at radius 3 is 2.53 bits per heavy atom. The summed E-state index contributed by atoms with van der Waals surface area (Å²) in [5, 5.41) is 1.80. The lowest BCUT2D eigenvalue weighted by Crippen LogP contribution is -2.60. The molecule has 5 nitrogen and oxygen atoms in total. The number of allylic oxidation sites excluding steroid dienone is 2. The SMILES string of the molecule is CC1=CSS(O[Cl+3]([O-])([O-])[O-])=C1/C(C)=C\N(C)C. The molecule has 1 aliphatic rings. The molecule has 1 heterocycles. The van der Waals surface area contributed by atoms with Crippen molar-refractivity contribution in [1.82, 2.24) is 4.90 Å². The average molecular weight is 300 g/mol. The van der Waals surface area contributed by atoms with Crippen LogP contribution in [0.1, 0.15) is 13.8 Å². The molecule has 98 valence electrons. The fraction of sp³-hybridized carbons (Fsp3) is 0.444. The molecule has 17 heavy (non-hydrogen) atoms. The summed E-state index contributed by atoms with van der Waals surface area (Å²) in [6, 6.07) is 0. The Hall–Kier alpha value is -0.0200. The van der Waals surface area contributed by atoms with Crippen LogP contribution in [-0.2, 0) is 3.74 Å². The maximum Gasteiger partial charge on any atom is 0.179 e. The van der Waals surface area contributed by atoms with E-state index in [0.717, 1.165) is 16.0 Å². The molecule has 0 aromatic rings. The molecule has 0 spiro atoms. The molecule has 1 rings (SSSR count). The minimum absolute atomic E-state index is 0.760. The van der Waals surface area contributed by atoms with Gasteiger partial charge in [-0.05, 0) is 41.2 Å². The summed E-state index contributed by atoms with van der Waals surface area (Å²) in [6.07, 6.45) is 1.86. The molecule has 0 bridgehead atoms. The first-order valence-electron chi connectivity index (χ1n) is 4.62. The van der Waals surface area contributed by atoms with E-state index in [1.807, 2.05) is 39.0 Å². The summed E-state index contributed by atoms with van der Waals surface area (Å²) in [7, 11) is -0.543. The van der Waals surface area contributed by atoms with E-state index in [1.165, 1.54) is 10.8 Å². The molecular weight excluding hydrogens is 286 g/mol. The van der Waals surface area contributed by atoms with Crippen LogP contribution in [0.5, 0.6) is 0 Å². The molecule has 1 unspecified atom stereocenters. The molecule has 8 heteroatoms. The van der Waals surface area contributed by atoms with Crippen molar-refractivity contribution in [1.29, 1.82) is 0 Å². The summed E-state index contributed by atoms with van der Waals surface area (Å²) in [6.45, 7) is 3.72. The lowest BCUT2D eigenvalue weighted by molar-refractivity contribution is -1.91. The molecule has 0 fully saturated rings. The summed E-state index contributed by atoms with van der Waals surface area (Å²) in [4.78, 5) is 2.61. The first-order valence-corrected chi connectivity index (χ1v) is 8.40. The molecule has 0 aliphatic carbocycles. The summed E-state index contributed by atoms with van der Waals surface area (Å²) in [5.41, 5.74) is 1.81. The first kappa shape index (κ1) is 15.0. The second kappa shape index (κ2) is 5.75.